The van der Waals surface area contributed by atoms with Gasteiger partial charge in [-0.3, -0.25) is 10.1 Å². The van der Waals surface area contributed by atoms with E-state index in [9.17, 15) is 10.1 Å². The molecule has 0 N–H and O–H groups in total. The van der Waals surface area contributed by atoms with Gasteiger partial charge in [0.2, 0.25) is 0 Å². The number of rotatable bonds is 5. The zero-order valence-electron chi connectivity index (χ0n) is 19.1. The van der Waals surface area contributed by atoms with Crippen molar-refractivity contribution in [1.82, 2.24) is 0 Å². The third kappa shape index (κ3) is 3.36. The molecule has 0 aliphatic carbocycles. The van der Waals surface area contributed by atoms with E-state index in [0.29, 0.717) is 38.0 Å². The van der Waals surface area contributed by atoms with E-state index >= 15 is 4.57 Å². The van der Waals surface area contributed by atoms with Crippen molar-refractivity contribution in [2.24, 2.45) is 0 Å². The molecule has 5 nitrogen and oxygen atoms in total. The van der Waals surface area contributed by atoms with Gasteiger partial charge in [0.05, 0.1) is 0 Å². The highest BCUT2D eigenvalue weighted by molar-refractivity contribution is 7.85. The van der Waals surface area contributed by atoms with Crippen LogP contribution in [0.5, 0.6) is 0 Å². The summed E-state index contributed by atoms with van der Waals surface area (Å²) >= 11 is 0. The van der Waals surface area contributed by atoms with E-state index in [1.165, 1.54) is 0 Å². The first-order chi connectivity index (χ1) is 17.6. The minimum atomic E-state index is -3.41. The van der Waals surface area contributed by atoms with Gasteiger partial charge in [0.25, 0.3) is 0 Å². The Morgan fingerprint density at radius 3 is 1.92 bits per heavy atom. The molecule has 0 amide bonds. The van der Waals surface area contributed by atoms with Crippen LogP contribution < -0.4 is 15.9 Å². The van der Waals surface area contributed by atoms with Gasteiger partial charge in [-0.05, 0) is 16.8 Å². The summed E-state index contributed by atoms with van der Waals surface area (Å²) in [5.74, 6) is -0.360. The molecule has 0 bridgehead atoms. The van der Waals surface area contributed by atoms with Crippen molar-refractivity contribution in [1.29, 1.82) is 0 Å². The van der Waals surface area contributed by atoms with Gasteiger partial charge in [-0.25, -0.2) is 0 Å². The maximum atomic E-state index is 15.2. The Bertz CT molecular complexity index is 1750. The normalized spacial score (nSPS) is 11.7. The van der Waals surface area contributed by atoms with E-state index in [0.717, 1.165) is 10.8 Å². The molecule has 0 aliphatic rings. The zero-order chi connectivity index (χ0) is 24.7. The molecule has 174 valence electrons. The molecule has 0 aliphatic heterocycles. The van der Waals surface area contributed by atoms with Crippen LogP contribution in [0, 0.1) is 10.1 Å². The molecule has 0 saturated heterocycles. The van der Waals surface area contributed by atoms with Crippen LogP contribution in [0.4, 0.5) is 5.88 Å². The maximum absolute atomic E-state index is 15.2. The lowest BCUT2D eigenvalue weighted by Crippen LogP contribution is -2.26. The first kappa shape index (κ1) is 22.0. The standard InChI is InChI=1S/C30H20NO4P/c32-31(33)30-29(28-24-16-8-7-11-21(24)19-20-26(28)35-30)25-17-9-10-18-27(25)36(34,22-12-3-1-4-13-22)23-14-5-2-6-15-23/h1-20H. The van der Waals surface area contributed by atoms with Gasteiger partial charge >= 0.3 is 5.88 Å². The van der Waals surface area contributed by atoms with Crippen LogP contribution in [-0.4, -0.2) is 4.92 Å². The molecule has 0 radical (unpaired) electrons. The molecule has 0 saturated carbocycles. The lowest BCUT2D eigenvalue weighted by molar-refractivity contribution is -0.400. The van der Waals surface area contributed by atoms with Crippen molar-refractivity contribution in [3.8, 4) is 11.1 Å². The Labute approximate surface area is 207 Å². The quantitative estimate of drug-likeness (QED) is 0.152. The molecule has 6 aromatic rings. The van der Waals surface area contributed by atoms with Crippen molar-refractivity contribution in [3.05, 3.63) is 131 Å². The number of nitro groups is 1. The van der Waals surface area contributed by atoms with Gasteiger partial charge in [0.15, 0.2) is 7.14 Å². The van der Waals surface area contributed by atoms with Crippen LogP contribution in [0.3, 0.4) is 0 Å². The summed E-state index contributed by atoms with van der Waals surface area (Å²) < 4.78 is 21.0. The van der Waals surface area contributed by atoms with E-state index in [1.54, 1.807) is 12.1 Å². The molecule has 0 fully saturated rings. The van der Waals surface area contributed by atoms with Gasteiger partial charge in [0.1, 0.15) is 16.1 Å². The highest BCUT2D eigenvalue weighted by Crippen LogP contribution is 2.49. The van der Waals surface area contributed by atoms with E-state index in [2.05, 4.69) is 0 Å². The molecule has 5 aromatic carbocycles. The number of hydrogen-bond donors (Lipinski definition) is 0. The van der Waals surface area contributed by atoms with Gasteiger partial charge in [-0.1, -0.05) is 115 Å². The van der Waals surface area contributed by atoms with Crippen LogP contribution in [0.1, 0.15) is 0 Å². The van der Waals surface area contributed by atoms with Gasteiger partial charge < -0.3 is 8.98 Å². The summed E-state index contributed by atoms with van der Waals surface area (Å²) in [7, 11) is -3.41. The predicted octanol–water partition coefficient (Wildman–Crippen LogP) is 6.80. The summed E-state index contributed by atoms with van der Waals surface area (Å²) in [5.41, 5.74) is 1.28. The average Bonchev–Trinajstić information content (AvgIpc) is 3.34. The second-order valence-corrected chi connectivity index (χ2v) is 11.2. The summed E-state index contributed by atoms with van der Waals surface area (Å²) in [5, 5.41) is 16.5. The van der Waals surface area contributed by atoms with Crippen molar-refractivity contribution < 1.29 is 13.9 Å². The van der Waals surface area contributed by atoms with Crippen LogP contribution in [0.25, 0.3) is 32.9 Å². The van der Waals surface area contributed by atoms with Crippen LogP contribution in [0.15, 0.2) is 126 Å². The van der Waals surface area contributed by atoms with Crippen molar-refractivity contribution in [2.45, 2.75) is 0 Å². The Balaban J connectivity index is 1.76. The third-order valence-electron chi connectivity index (χ3n) is 6.48. The molecule has 0 spiro atoms. The molecule has 1 heterocycles. The first-order valence-electron chi connectivity index (χ1n) is 11.5. The molecule has 0 unspecified atom stereocenters. The van der Waals surface area contributed by atoms with Crippen molar-refractivity contribution in [3.63, 3.8) is 0 Å². The summed E-state index contributed by atoms with van der Waals surface area (Å²) in [4.78, 5) is 11.7. The van der Waals surface area contributed by atoms with Gasteiger partial charge in [-0.15, -0.1) is 0 Å². The van der Waals surface area contributed by atoms with Crippen LogP contribution >= 0.6 is 7.14 Å². The van der Waals surface area contributed by atoms with Crippen molar-refractivity contribution >= 4 is 50.7 Å². The molecule has 36 heavy (non-hydrogen) atoms. The smallest absolute Gasteiger partial charge is 0.400 e. The van der Waals surface area contributed by atoms with E-state index in [-0.39, 0.29) is 5.88 Å². The zero-order valence-corrected chi connectivity index (χ0v) is 20.0. The molecule has 1 aromatic heterocycles. The minimum Gasteiger partial charge on any atom is -0.400 e. The lowest BCUT2D eigenvalue weighted by Gasteiger charge is -2.22. The first-order valence-corrected chi connectivity index (χ1v) is 13.2. The fourth-order valence-corrected chi connectivity index (χ4v) is 7.76. The fourth-order valence-electron chi connectivity index (χ4n) is 4.90. The number of furan rings is 1. The average molecular weight is 489 g/mol. The number of fused-ring (bicyclic) bond motifs is 3. The molecular formula is C30H20NO4P. The summed E-state index contributed by atoms with van der Waals surface area (Å²) in [6.45, 7) is 0. The second kappa shape index (κ2) is 8.63. The molecular weight excluding hydrogens is 469 g/mol. The Kier molecular flexibility index (Phi) is 5.28. The van der Waals surface area contributed by atoms with E-state index in [4.69, 9.17) is 4.42 Å². The minimum absolute atomic E-state index is 0.342. The topological polar surface area (TPSA) is 73.3 Å². The van der Waals surface area contributed by atoms with Crippen LogP contribution in [0.2, 0.25) is 0 Å². The number of nitrogens with zero attached hydrogens (tertiary/aromatic N) is 1. The summed E-state index contributed by atoms with van der Waals surface area (Å²) in [6, 6.07) is 37.2. The summed E-state index contributed by atoms with van der Waals surface area (Å²) in [6.07, 6.45) is 0. The second-order valence-electron chi connectivity index (χ2n) is 8.50. The highest BCUT2D eigenvalue weighted by atomic mass is 31.2. The Morgan fingerprint density at radius 1 is 0.667 bits per heavy atom. The number of hydrogen-bond acceptors (Lipinski definition) is 4. The van der Waals surface area contributed by atoms with Crippen molar-refractivity contribution in [2.75, 3.05) is 0 Å². The largest absolute Gasteiger partial charge is 0.442 e. The van der Waals surface area contributed by atoms with E-state index in [1.807, 2.05) is 109 Å². The Hall–Kier alpha value is -4.47. The lowest BCUT2D eigenvalue weighted by atomic mass is 9.99. The van der Waals surface area contributed by atoms with Gasteiger partial charge in [-0.2, -0.15) is 0 Å². The van der Waals surface area contributed by atoms with Gasteiger partial charge in [0, 0.05) is 26.9 Å². The monoisotopic (exact) mass is 489 g/mol. The SMILES string of the molecule is O=[N+]([O-])c1oc2ccc3ccccc3c2c1-c1ccccc1P(=O)(c1ccccc1)c1ccccc1. The molecule has 6 rings (SSSR count). The van der Waals surface area contributed by atoms with Crippen LogP contribution in [-0.2, 0) is 4.57 Å². The molecule has 0 atom stereocenters. The predicted molar refractivity (Wildman–Crippen MR) is 145 cm³/mol. The Morgan fingerprint density at radius 2 is 1.25 bits per heavy atom. The maximum Gasteiger partial charge on any atom is 0.442 e. The third-order valence-corrected chi connectivity index (χ3v) is 9.60. The number of benzene rings is 5. The fraction of sp³-hybridized carbons (Fsp3) is 0. The van der Waals surface area contributed by atoms with E-state index < -0.39 is 12.1 Å². The molecule has 6 heteroatoms. The highest BCUT2D eigenvalue weighted by Gasteiger charge is 2.36.